The smallest absolute Gasteiger partial charge is 0.127 e. The van der Waals surface area contributed by atoms with Gasteiger partial charge in [-0.2, -0.15) is 0 Å². The first-order valence-corrected chi connectivity index (χ1v) is 7.04. The van der Waals surface area contributed by atoms with Crippen molar-refractivity contribution in [2.24, 2.45) is 5.41 Å². The number of carbonyl (C=O) groups is 1. The molecule has 0 radical (unpaired) electrons. The van der Waals surface area contributed by atoms with Gasteiger partial charge in [0, 0.05) is 24.0 Å². The van der Waals surface area contributed by atoms with Crippen LogP contribution in [0, 0.1) is 5.41 Å². The number of hydrogen-bond donors (Lipinski definition) is 1. The van der Waals surface area contributed by atoms with Gasteiger partial charge in [0.05, 0.1) is 6.10 Å². The summed E-state index contributed by atoms with van der Waals surface area (Å²) in [5.41, 5.74) is -0.164. The van der Waals surface area contributed by atoms with Crippen LogP contribution in [0.3, 0.4) is 0 Å². The number of aliphatic hydroxyl groups is 1. The third-order valence-electron chi connectivity index (χ3n) is 5.02. The Morgan fingerprint density at radius 3 is 2.18 bits per heavy atom. The summed E-state index contributed by atoms with van der Waals surface area (Å²) < 4.78 is 0. The van der Waals surface area contributed by atoms with Gasteiger partial charge in [-0.1, -0.05) is 13.8 Å². The zero-order valence-electron chi connectivity index (χ0n) is 11.1. The lowest BCUT2D eigenvalue weighted by atomic mass is 9.82. The Morgan fingerprint density at radius 1 is 1.24 bits per heavy atom. The fourth-order valence-electron chi connectivity index (χ4n) is 3.54. The molecule has 2 atom stereocenters. The van der Waals surface area contributed by atoms with Gasteiger partial charge in [0.15, 0.2) is 0 Å². The monoisotopic (exact) mass is 239 g/mol. The second-order valence-corrected chi connectivity index (χ2v) is 5.87. The van der Waals surface area contributed by atoms with Crippen LogP contribution in [0.2, 0.25) is 0 Å². The summed E-state index contributed by atoms with van der Waals surface area (Å²) in [4.78, 5) is 13.9. The lowest BCUT2D eigenvalue weighted by Crippen LogP contribution is -2.49. The highest BCUT2D eigenvalue weighted by Gasteiger charge is 2.43. The molecule has 2 heterocycles. The maximum Gasteiger partial charge on any atom is 0.127 e. The molecule has 98 valence electrons. The summed E-state index contributed by atoms with van der Waals surface area (Å²) >= 11 is 0. The van der Waals surface area contributed by atoms with E-state index >= 15 is 0 Å². The van der Waals surface area contributed by atoms with Gasteiger partial charge in [0.2, 0.25) is 0 Å². The van der Waals surface area contributed by atoms with Crippen LogP contribution in [0.4, 0.5) is 0 Å². The molecular formula is C14H25NO2. The molecule has 0 aliphatic carbocycles. The molecule has 0 aromatic heterocycles. The van der Waals surface area contributed by atoms with Crippen LogP contribution in [0.5, 0.6) is 0 Å². The number of fused-ring (bicyclic) bond motifs is 2. The maximum atomic E-state index is 11.4. The zero-order chi connectivity index (χ0) is 12.5. The van der Waals surface area contributed by atoms with E-state index < -0.39 is 0 Å². The van der Waals surface area contributed by atoms with Crippen LogP contribution in [0.25, 0.3) is 0 Å². The van der Waals surface area contributed by atoms with E-state index in [0.29, 0.717) is 12.1 Å². The third-order valence-corrected chi connectivity index (χ3v) is 5.02. The van der Waals surface area contributed by atoms with Gasteiger partial charge < -0.3 is 9.90 Å². The molecule has 2 aliphatic heterocycles. The number of carbonyl (C=O) groups excluding carboxylic acids is 1. The molecule has 0 aromatic carbocycles. The van der Waals surface area contributed by atoms with Crippen LogP contribution >= 0.6 is 0 Å². The largest absolute Gasteiger partial charge is 0.393 e. The Bertz CT molecular complexity index is 261. The molecule has 2 bridgehead atoms. The zero-order valence-corrected chi connectivity index (χ0v) is 11.1. The molecule has 0 spiro atoms. The summed E-state index contributed by atoms with van der Waals surface area (Å²) in [5, 5.41) is 9.78. The molecule has 0 saturated carbocycles. The van der Waals surface area contributed by atoms with E-state index in [4.69, 9.17) is 0 Å². The van der Waals surface area contributed by atoms with Gasteiger partial charge in [-0.05, 0) is 38.5 Å². The number of rotatable bonds is 5. The SMILES string of the molecule is CCC(C=O)(CC)CN1C2CCC1CC(O)C2. The second kappa shape index (κ2) is 5.07. The van der Waals surface area contributed by atoms with Crippen molar-refractivity contribution in [3.63, 3.8) is 0 Å². The average Bonchev–Trinajstić information content (AvgIpc) is 2.58. The van der Waals surface area contributed by atoms with Crippen molar-refractivity contribution in [3.8, 4) is 0 Å². The van der Waals surface area contributed by atoms with E-state index in [2.05, 4.69) is 18.7 Å². The maximum absolute atomic E-state index is 11.4. The van der Waals surface area contributed by atoms with Gasteiger partial charge in [0.1, 0.15) is 6.29 Å². The van der Waals surface area contributed by atoms with Crippen LogP contribution in [-0.4, -0.2) is 41.0 Å². The lowest BCUT2D eigenvalue weighted by molar-refractivity contribution is -0.118. The first kappa shape index (κ1) is 13.0. The summed E-state index contributed by atoms with van der Waals surface area (Å²) in [6.07, 6.45) is 7.10. The van der Waals surface area contributed by atoms with E-state index in [-0.39, 0.29) is 11.5 Å². The molecule has 3 nitrogen and oxygen atoms in total. The van der Waals surface area contributed by atoms with Gasteiger partial charge in [0.25, 0.3) is 0 Å². The Kier molecular flexibility index (Phi) is 3.88. The lowest BCUT2D eigenvalue weighted by Gasteiger charge is -2.41. The van der Waals surface area contributed by atoms with E-state index in [9.17, 15) is 9.90 Å². The Hall–Kier alpha value is -0.410. The second-order valence-electron chi connectivity index (χ2n) is 5.87. The summed E-state index contributed by atoms with van der Waals surface area (Å²) in [7, 11) is 0. The highest BCUT2D eigenvalue weighted by Crippen LogP contribution is 2.39. The van der Waals surface area contributed by atoms with E-state index in [1.807, 2.05) is 0 Å². The molecule has 1 N–H and O–H groups in total. The molecule has 17 heavy (non-hydrogen) atoms. The normalized spacial score (nSPS) is 33.9. The fraction of sp³-hybridized carbons (Fsp3) is 0.929. The average molecular weight is 239 g/mol. The van der Waals surface area contributed by atoms with E-state index in [1.54, 1.807) is 0 Å². The molecule has 2 unspecified atom stereocenters. The Morgan fingerprint density at radius 2 is 1.76 bits per heavy atom. The molecule has 0 amide bonds. The molecule has 2 rings (SSSR count). The minimum absolute atomic E-state index is 0.113. The van der Waals surface area contributed by atoms with Crippen LogP contribution in [0.15, 0.2) is 0 Å². The molecule has 2 saturated heterocycles. The summed E-state index contributed by atoms with van der Waals surface area (Å²) in [6.45, 7) is 5.11. The number of hydrogen-bond acceptors (Lipinski definition) is 3. The third kappa shape index (κ3) is 2.41. The standard InChI is InChI=1S/C14H25NO2/c1-3-14(4-2,10-16)9-15-11-5-6-12(15)8-13(17)7-11/h10-13,17H,3-9H2,1-2H3. The van der Waals surface area contributed by atoms with Crippen molar-refractivity contribution in [1.29, 1.82) is 0 Å². The highest BCUT2D eigenvalue weighted by atomic mass is 16.3. The van der Waals surface area contributed by atoms with Crippen LogP contribution in [0.1, 0.15) is 52.4 Å². The summed E-state index contributed by atoms with van der Waals surface area (Å²) in [6, 6.07) is 1.03. The van der Waals surface area contributed by atoms with E-state index in [0.717, 1.165) is 38.5 Å². The van der Waals surface area contributed by atoms with Gasteiger partial charge >= 0.3 is 0 Å². The minimum atomic E-state index is -0.164. The van der Waals surface area contributed by atoms with Crippen molar-refractivity contribution in [2.45, 2.75) is 70.6 Å². The van der Waals surface area contributed by atoms with Gasteiger partial charge in [-0.3, -0.25) is 4.90 Å². The fourth-order valence-corrected chi connectivity index (χ4v) is 3.54. The van der Waals surface area contributed by atoms with Crippen LogP contribution < -0.4 is 0 Å². The molecule has 2 aliphatic rings. The minimum Gasteiger partial charge on any atom is -0.393 e. The molecule has 3 heteroatoms. The van der Waals surface area contributed by atoms with E-state index in [1.165, 1.54) is 12.8 Å². The highest BCUT2D eigenvalue weighted by molar-refractivity contribution is 5.59. The predicted octanol–water partition coefficient (Wildman–Crippen LogP) is 1.98. The molecular weight excluding hydrogens is 214 g/mol. The summed E-state index contributed by atoms with van der Waals surface area (Å²) in [5.74, 6) is 0. The molecule has 0 aromatic rings. The van der Waals surface area contributed by atoms with Crippen molar-refractivity contribution in [3.05, 3.63) is 0 Å². The molecule has 2 fully saturated rings. The van der Waals surface area contributed by atoms with Crippen molar-refractivity contribution < 1.29 is 9.90 Å². The van der Waals surface area contributed by atoms with Crippen molar-refractivity contribution >= 4 is 6.29 Å². The number of piperidine rings is 1. The van der Waals surface area contributed by atoms with Crippen molar-refractivity contribution in [1.82, 2.24) is 4.90 Å². The quantitative estimate of drug-likeness (QED) is 0.746. The first-order chi connectivity index (χ1) is 8.14. The predicted molar refractivity (Wildman–Crippen MR) is 67.8 cm³/mol. The number of aliphatic hydroxyl groups excluding tert-OH is 1. The number of nitrogens with zero attached hydrogens (tertiary/aromatic N) is 1. The number of aldehydes is 1. The van der Waals surface area contributed by atoms with Crippen molar-refractivity contribution in [2.75, 3.05) is 6.54 Å². The Labute approximate surface area is 104 Å². The Balaban J connectivity index is 2.06. The van der Waals surface area contributed by atoms with Gasteiger partial charge in [-0.15, -0.1) is 0 Å². The topological polar surface area (TPSA) is 40.5 Å². The van der Waals surface area contributed by atoms with Gasteiger partial charge in [-0.25, -0.2) is 0 Å². The van der Waals surface area contributed by atoms with Crippen LogP contribution in [-0.2, 0) is 4.79 Å². The first-order valence-electron chi connectivity index (χ1n) is 7.04.